The molecule has 1 aliphatic heterocycles. The Morgan fingerprint density at radius 1 is 1.36 bits per heavy atom. The van der Waals surface area contributed by atoms with Crippen molar-refractivity contribution in [1.82, 2.24) is 25.4 Å². The van der Waals surface area contributed by atoms with Crippen molar-refractivity contribution < 1.29 is 4.74 Å². The molecule has 0 bridgehead atoms. The number of nitrogens with zero attached hydrogens (tertiary/aromatic N) is 4. The molecule has 1 unspecified atom stereocenters. The van der Waals surface area contributed by atoms with E-state index in [1.54, 1.807) is 11.3 Å². The van der Waals surface area contributed by atoms with Crippen LogP contribution in [0.25, 0.3) is 0 Å². The Morgan fingerprint density at radius 2 is 2.24 bits per heavy atom. The molecule has 2 aromatic rings. The predicted octanol–water partition coefficient (Wildman–Crippen LogP) is 1.91. The number of hydrogen-bond donors (Lipinski definition) is 2. The van der Waals surface area contributed by atoms with E-state index >= 15 is 0 Å². The fraction of sp³-hybridized carbons (Fsp3) is 0.588. The van der Waals surface area contributed by atoms with Gasteiger partial charge in [-0.05, 0) is 38.8 Å². The van der Waals surface area contributed by atoms with Crippen LogP contribution in [0.2, 0.25) is 0 Å². The van der Waals surface area contributed by atoms with Gasteiger partial charge in [-0.1, -0.05) is 0 Å². The lowest BCUT2D eigenvalue weighted by atomic mass is 10.2. The molecule has 0 radical (unpaired) electrons. The van der Waals surface area contributed by atoms with E-state index in [-0.39, 0.29) is 6.10 Å². The molecule has 0 spiro atoms. The molecule has 1 atom stereocenters. The summed E-state index contributed by atoms with van der Waals surface area (Å²) in [7, 11) is 1.96. The Balaban J connectivity index is 1.61. The monoisotopic (exact) mass is 362 g/mol. The zero-order valence-corrected chi connectivity index (χ0v) is 15.9. The maximum absolute atomic E-state index is 5.69. The van der Waals surface area contributed by atoms with Crippen molar-refractivity contribution in [2.45, 2.75) is 45.9 Å². The summed E-state index contributed by atoms with van der Waals surface area (Å²) in [5.41, 5.74) is 0. The van der Waals surface area contributed by atoms with Crippen LogP contribution in [0.15, 0.2) is 17.1 Å². The largest absolute Gasteiger partial charge is 0.376 e. The third kappa shape index (κ3) is 5.02. The van der Waals surface area contributed by atoms with Crippen molar-refractivity contribution >= 4 is 17.3 Å². The second-order valence-corrected chi connectivity index (χ2v) is 7.64. The maximum atomic E-state index is 5.69. The minimum atomic E-state index is 0.271. The Bertz CT molecular complexity index is 717. The Morgan fingerprint density at radius 3 is 2.88 bits per heavy atom. The smallest absolute Gasteiger partial charge is 0.192 e. The van der Waals surface area contributed by atoms with Gasteiger partial charge in [0.25, 0.3) is 0 Å². The zero-order chi connectivity index (χ0) is 17.6. The number of hydrogen-bond acceptors (Lipinski definition) is 5. The summed E-state index contributed by atoms with van der Waals surface area (Å²) in [5.74, 6) is 2.52. The molecule has 2 N–H and O–H groups in total. The first-order valence-electron chi connectivity index (χ1n) is 8.66. The highest BCUT2D eigenvalue weighted by Crippen LogP contribution is 2.14. The molecule has 0 saturated carbocycles. The SMILES string of the molecule is Cc1ccc(CNC(=NCc2nnc(C)n2C)NCC2CCCO2)s1. The van der Waals surface area contributed by atoms with Crippen LogP contribution in [-0.4, -0.2) is 40.0 Å². The average Bonchev–Trinajstić information content (AvgIpc) is 3.32. The number of nitrogens with one attached hydrogen (secondary N) is 2. The maximum Gasteiger partial charge on any atom is 0.192 e. The zero-order valence-electron chi connectivity index (χ0n) is 15.1. The van der Waals surface area contributed by atoms with Crippen LogP contribution in [0.4, 0.5) is 0 Å². The molecule has 0 amide bonds. The first kappa shape index (κ1) is 17.9. The van der Waals surface area contributed by atoms with E-state index in [0.717, 1.165) is 50.1 Å². The van der Waals surface area contributed by atoms with Gasteiger partial charge >= 0.3 is 0 Å². The number of rotatable bonds is 6. The number of thiophene rings is 1. The number of aryl methyl sites for hydroxylation is 2. The summed E-state index contributed by atoms with van der Waals surface area (Å²) < 4.78 is 7.65. The molecule has 136 valence electrons. The molecule has 3 rings (SSSR count). The normalized spacial score (nSPS) is 17.9. The van der Waals surface area contributed by atoms with E-state index in [0.29, 0.717) is 6.54 Å². The molecule has 1 aliphatic rings. The van der Waals surface area contributed by atoms with E-state index < -0.39 is 0 Å². The van der Waals surface area contributed by atoms with Crippen molar-refractivity contribution in [2.75, 3.05) is 13.2 Å². The Kier molecular flexibility index (Phi) is 6.04. The number of guanidine groups is 1. The van der Waals surface area contributed by atoms with E-state index in [9.17, 15) is 0 Å². The molecule has 0 aliphatic carbocycles. The molecule has 25 heavy (non-hydrogen) atoms. The highest BCUT2D eigenvalue weighted by Gasteiger charge is 2.15. The topological polar surface area (TPSA) is 76.4 Å². The first-order valence-corrected chi connectivity index (χ1v) is 9.47. The summed E-state index contributed by atoms with van der Waals surface area (Å²) in [6.07, 6.45) is 2.51. The van der Waals surface area contributed by atoms with Crippen LogP contribution in [0.3, 0.4) is 0 Å². The van der Waals surface area contributed by atoms with Gasteiger partial charge in [0.05, 0.1) is 12.6 Å². The lowest BCUT2D eigenvalue weighted by Crippen LogP contribution is -2.40. The lowest BCUT2D eigenvalue weighted by molar-refractivity contribution is 0.114. The summed E-state index contributed by atoms with van der Waals surface area (Å²) in [5, 5.41) is 15.1. The van der Waals surface area contributed by atoms with Crippen LogP contribution in [0.1, 0.15) is 34.2 Å². The fourth-order valence-corrected chi connectivity index (χ4v) is 3.51. The molecule has 8 heteroatoms. The summed E-state index contributed by atoms with van der Waals surface area (Å²) in [6, 6.07) is 4.29. The van der Waals surface area contributed by atoms with Gasteiger partial charge in [0.1, 0.15) is 12.4 Å². The van der Waals surface area contributed by atoms with Gasteiger partial charge in [-0.3, -0.25) is 0 Å². The summed E-state index contributed by atoms with van der Waals surface area (Å²) in [4.78, 5) is 7.28. The van der Waals surface area contributed by atoms with E-state index in [2.05, 4.69) is 44.9 Å². The molecule has 7 nitrogen and oxygen atoms in total. The van der Waals surface area contributed by atoms with Crippen LogP contribution in [0, 0.1) is 13.8 Å². The number of aliphatic imine (C=N–C) groups is 1. The third-order valence-electron chi connectivity index (χ3n) is 4.31. The molecular weight excluding hydrogens is 336 g/mol. The molecule has 1 fully saturated rings. The van der Waals surface area contributed by atoms with Gasteiger partial charge < -0.3 is 19.9 Å². The van der Waals surface area contributed by atoms with Crippen molar-refractivity contribution in [3.8, 4) is 0 Å². The molecule has 0 aromatic carbocycles. The van der Waals surface area contributed by atoms with Gasteiger partial charge in [0, 0.05) is 30.0 Å². The van der Waals surface area contributed by atoms with Crippen LogP contribution in [-0.2, 0) is 24.9 Å². The predicted molar refractivity (Wildman–Crippen MR) is 99.8 cm³/mol. The number of aromatic nitrogens is 3. The van der Waals surface area contributed by atoms with Gasteiger partial charge in [-0.25, -0.2) is 4.99 Å². The van der Waals surface area contributed by atoms with Gasteiger partial charge in [-0.15, -0.1) is 21.5 Å². The van der Waals surface area contributed by atoms with Crippen molar-refractivity contribution in [2.24, 2.45) is 12.0 Å². The highest BCUT2D eigenvalue weighted by atomic mass is 32.1. The summed E-state index contributed by atoms with van der Waals surface area (Å²) in [6.45, 7) is 6.94. The quantitative estimate of drug-likeness (QED) is 0.606. The minimum absolute atomic E-state index is 0.271. The van der Waals surface area contributed by atoms with Crippen LogP contribution >= 0.6 is 11.3 Å². The van der Waals surface area contributed by atoms with Crippen LogP contribution < -0.4 is 10.6 Å². The molecule has 3 heterocycles. The van der Waals surface area contributed by atoms with Crippen LogP contribution in [0.5, 0.6) is 0 Å². The molecule has 1 saturated heterocycles. The number of ether oxygens (including phenoxy) is 1. The standard InChI is InChI=1S/C17H26N6OS/c1-12-6-7-15(25-12)10-19-17(18-9-14-5-4-8-24-14)20-11-16-22-21-13(2)23(16)3/h6-7,14H,4-5,8-11H2,1-3H3,(H2,18,19,20). The van der Waals surface area contributed by atoms with E-state index in [1.165, 1.54) is 9.75 Å². The fourth-order valence-electron chi connectivity index (χ4n) is 2.68. The Labute approximate surface area is 152 Å². The highest BCUT2D eigenvalue weighted by molar-refractivity contribution is 7.11. The third-order valence-corrected chi connectivity index (χ3v) is 5.31. The second kappa shape index (κ2) is 8.44. The van der Waals surface area contributed by atoms with Crippen molar-refractivity contribution in [1.29, 1.82) is 0 Å². The van der Waals surface area contributed by atoms with Gasteiger partial charge in [0.2, 0.25) is 0 Å². The second-order valence-electron chi connectivity index (χ2n) is 6.27. The first-order chi connectivity index (χ1) is 12.1. The van der Waals surface area contributed by atoms with Crippen molar-refractivity contribution in [3.05, 3.63) is 33.5 Å². The Hall–Kier alpha value is -1.93. The molecular formula is C17H26N6OS. The summed E-state index contributed by atoms with van der Waals surface area (Å²) >= 11 is 1.80. The van der Waals surface area contributed by atoms with Gasteiger partial charge in [0.15, 0.2) is 11.8 Å². The minimum Gasteiger partial charge on any atom is -0.376 e. The van der Waals surface area contributed by atoms with E-state index in [4.69, 9.17) is 4.74 Å². The van der Waals surface area contributed by atoms with Crippen molar-refractivity contribution in [3.63, 3.8) is 0 Å². The van der Waals surface area contributed by atoms with E-state index in [1.807, 2.05) is 18.5 Å². The lowest BCUT2D eigenvalue weighted by Gasteiger charge is -2.15. The average molecular weight is 363 g/mol. The molecule has 2 aromatic heterocycles. The van der Waals surface area contributed by atoms with Gasteiger partial charge in [-0.2, -0.15) is 0 Å².